The molecule has 1 fully saturated rings. The fraction of sp³-hybridized carbons (Fsp3) is 0.646. The molecule has 6 atom stereocenters. The average molecular weight is 1110 g/mol. The Morgan fingerprint density at radius 1 is 0.487 bits per heavy atom. The van der Waals surface area contributed by atoms with Gasteiger partial charge in [0, 0.05) is 13.0 Å². The minimum absolute atomic E-state index is 0.0123. The molecule has 444 valence electrons. The lowest BCUT2D eigenvalue weighted by Crippen LogP contribution is -2.60. The van der Waals surface area contributed by atoms with E-state index in [2.05, 4.69) is 152 Å². The van der Waals surface area contributed by atoms with Gasteiger partial charge in [0.2, 0.25) is 0 Å². The number of carbonyl (C=O) groups excluding carboxylic acids is 1. The molecule has 6 unspecified atom stereocenters. The van der Waals surface area contributed by atoms with E-state index in [0.29, 0.717) is 13.0 Å². The van der Waals surface area contributed by atoms with Crippen molar-refractivity contribution in [2.75, 3.05) is 26.4 Å². The molecule has 0 radical (unpaired) electrons. The van der Waals surface area contributed by atoms with Crippen LogP contribution < -0.4 is 0 Å². The van der Waals surface area contributed by atoms with Crippen LogP contribution in [-0.4, -0.2) is 97.5 Å². The third-order valence-electron chi connectivity index (χ3n) is 12.8. The molecule has 78 heavy (non-hydrogen) atoms. The normalized spacial score (nSPS) is 19.4. The first-order valence-electron chi connectivity index (χ1n) is 29.9. The lowest BCUT2D eigenvalue weighted by molar-refractivity contribution is -0.301. The smallest absolute Gasteiger partial charge is 0.397 e. The number of allylic oxidation sites excluding steroid dienone is 22. The lowest BCUT2D eigenvalue weighted by Gasteiger charge is -2.41. The van der Waals surface area contributed by atoms with Gasteiger partial charge in [-0.15, -0.1) is 0 Å². The number of hydrogen-bond acceptors (Lipinski definition) is 11. The zero-order chi connectivity index (χ0) is 56.7. The van der Waals surface area contributed by atoms with Crippen LogP contribution in [0.1, 0.15) is 206 Å². The lowest BCUT2D eigenvalue weighted by atomic mass is 9.99. The number of aliphatic hydroxyl groups excluding tert-OH is 3. The Labute approximate surface area is 473 Å². The molecule has 1 saturated heterocycles. The topological polar surface area (TPSA) is 178 Å². The van der Waals surface area contributed by atoms with Crippen molar-refractivity contribution in [3.63, 3.8) is 0 Å². The van der Waals surface area contributed by atoms with Gasteiger partial charge in [-0.2, -0.15) is 8.42 Å². The van der Waals surface area contributed by atoms with Gasteiger partial charge >= 0.3 is 16.4 Å². The van der Waals surface area contributed by atoms with Crippen LogP contribution in [0.3, 0.4) is 0 Å². The Morgan fingerprint density at radius 2 is 0.846 bits per heavy atom. The zero-order valence-electron chi connectivity index (χ0n) is 48.2. The minimum Gasteiger partial charge on any atom is -0.457 e. The second kappa shape index (κ2) is 53.9. The third-order valence-corrected chi connectivity index (χ3v) is 13.2. The highest BCUT2D eigenvalue weighted by Gasteiger charge is 2.48. The van der Waals surface area contributed by atoms with Crippen molar-refractivity contribution >= 4 is 16.4 Å². The summed E-state index contributed by atoms with van der Waals surface area (Å²) in [6.07, 6.45) is 70.6. The zero-order valence-corrected chi connectivity index (χ0v) is 49.0. The van der Waals surface area contributed by atoms with Crippen molar-refractivity contribution in [2.24, 2.45) is 0 Å². The molecule has 0 amide bonds. The standard InChI is InChI=1S/C65H106O12S/c1-3-5-7-9-11-13-15-17-19-21-23-25-27-29-31-33-35-37-39-41-43-45-47-49-51-53-55-73-57-59(58-74-65-63(69)64(77-78(70,71)72)62(68)60(56-66)76-65)75-61(67)54-52-50-48-46-44-42-40-38-36-34-32-30-28-26-24-22-20-18-16-14-12-10-8-6-4-2/h5-8,11-14,17-20,23-26,30,32,36,38,42,44,59-60,62-66,68-69H,3-4,9-10,15-16,21-22,27-29,31,33-35,37,39-41,43,45-58H2,1-2H3,(H,70,71,72)/b7-5-,8-6-,13-11-,14-12-,19-17-,20-18-,25-23-,26-24-,32-30-,38-36-,44-42-. The first-order valence-corrected chi connectivity index (χ1v) is 31.3. The van der Waals surface area contributed by atoms with E-state index >= 15 is 0 Å². The van der Waals surface area contributed by atoms with E-state index in [1.807, 2.05) is 0 Å². The highest BCUT2D eigenvalue weighted by molar-refractivity contribution is 7.80. The summed E-state index contributed by atoms with van der Waals surface area (Å²) in [6, 6.07) is 0. The van der Waals surface area contributed by atoms with Crippen LogP contribution in [0.5, 0.6) is 0 Å². The van der Waals surface area contributed by atoms with Crippen molar-refractivity contribution in [1.29, 1.82) is 0 Å². The van der Waals surface area contributed by atoms with Gasteiger partial charge in [0.25, 0.3) is 0 Å². The van der Waals surface area contributed by atoms with Gasteiger partial charge in [-0.3, -0.25) is 9.35 Å². The summed E-state index contributed by atoms with van der Waals surface area (Å²) in [7, 11) is -5.08. The largest absolute Gasteiger partial charge is 0.457 e. The van der Waals surface area contributed by atoms with Crippen LogP contribution in [0.15, 0.2) is 134 Å². The number of esters is 1. The van der Waals surface area contributed by atoms with Crippen LogP contribution in [0.4, 0.5) is 0 Å². The molecule has 1 aliphatic heterocycles. The maximum atomic E-state index is 13.0. The second-order valence-electron chi connectivity index (χ2n) is 19.8. The molecular formula is C65H106O12S. The Balaban J connectivity index is 2.33. The minimum atomic E-state index is -5.08. The number of rotatable bonds is 51. The predicted molar refractivity (Wildman–Crippen MR) is 321 cm³/mol. The summed E-state index contributed by atoms with van der Waals surface area (Å²) in [4.78, 5) is 13.0. The van der Waals surface area contributed by atoms with Gasteiger partial charge < -0.3 is 34.3 Å². The summed E-state index contributed by atoms with van der Waals surface area (Å²) in [6.45, 7) is 3.72. The van der Waals surface area contributed by atoms with E-state index in [9.17, 15) is 33.1 Å². The van der Waals surface area contributed by atoms with Crippen molar-refractivity contribution in [1.82, 2.24) is 0 Å². The van der Waals surface area contributed by atoms with Crippen LogP contribution >= 0.6 is 0 Å². The van der Waals surface area contributed by atoms with Gasteiger partial charge in [-0.05, 0) is 109 Å². The van der Waals surface area contributed by atoms with Crippen LogP contribution in [-0.2, 0) is 38.3 Å². The van der Waals surface area contributed by atoms with Crippen molar-refractivity contribution in [2.45, 2.75) is 243 Å². The van der Waals surface area contributed by atoms with Crippen LogP contribution in [0.2, 0.25) is 0 Å². The monoisotopic (exact) mass is 1110 g/mol. The molecule has 4 N–H and O–H groups in total. The van der Waals surface area contributed by atoms with Crippen LogP contribution in [0, 0.1) is 0 Å². The number of aliphatic hydroxyl groups is 3. The van der Waals surface area contributed by atoms with Gasteiger partial charge in [-0.1, -0.05) is 225 Å². The number of ether oxygens (including phenoxy) is 4. The van der Waals surface area contributed by atoms with Gasteiger partial charge in [0.1, 0.15) is 30.5 Å². The molecule has 1 heterocycles. The van der Waals surface area contributed by atoms with Crippen molar-refractivity contribution in [3.8, 4) is 0 Å². The number of hydrogen-bond donors (Lipinski definition) is 4. The van der Waals surface area contributed by atoms with Gasteiger partial charge in [0.05, 0.1) is 19.8 Å². The molecule has 0 aromatic rings. The SMILES string of the molecule is CC/C=C\C/C=C\C/C=C\C/C=C\C/C=C\C/C=C\C/C=C\CCCCCC(=O)OC(COCCCCCCCCCCCCCCC/C=C\C/C=C\C/C=C\C/C=C\CC)COC1OC(CO)C(O)C(OS(=O)(=O)O)C1O. The van der Waals surface area contributed by atoms with E-state index < -0.39 is 59.8 Å². The Hall–Kier alpha value is -3.76. The van der Waals surface area contributed by atoms with Crippen molar-refractivity contribution < 1.29 is 56.2 Å². The molecule has 1 rings (SSSR count). The fourth-order valence-electron chi connectivity index (χ4n) is 8.35. The molecule has 13 heteroatoms. The second-order valence-corrected chi connectivity index (χ2v) is 20.9. The maximum Gasteiger partial charge on any atom is 0.397 e. The molecular weight excluding hydrogens is 1000 g/mol. The maximum absolute atomic E-state index is 13.0. The summed E-state index contributed by atoms with van der Waals surface area (Å²) in [5.41, 5.74) is 0. The highest BCUT2D eigenvalue weighted by Crippen LogP contribution is 2.26. The Morgan fingerprint density at radius 3 is 1.23 bits per heavy atom. The molecule has 0 saturated carbocycles. The van der Waals surface area contributed by atoms with Crippen LogP contribution in [0.25, 0.3) is 0 Å². The summed E-state index contributed by atoms with van der Waals surface area (Å²) >= 11 is 0. The Kier molecular flexibility index (Phi) is 49.9. The van der Waals surface area contributed by atoms with E-state index in [1.54, 1.807) is 0 Å². The molecule has 0 bridgehead atoms. The summed E-state index contributed by atoms with van der Waals surface area (Å²) in [5.74, 6) is -0.435. The van der Waals surface area contributed by atoms with Gasteiger partial charge in [-0.25, -0.2) is 4.18 Å². The van der Waals surface area contributed by atoms with E-state index in [1.165, 1.54) is 70.6 Å². The first kappa shape index (κ1) is 72.3. The predicted octanol–water partition coefficient (Wildman–Crippen LogP) is 15.4. The van der Waals surface area contributed by atoms with E-state index in [-0.39, 0.29) is 19.6 Å². The van der Waals surface area contributed by atoms with Gasteiger partial charge in [0.15, 0.2) is 6.29 Å². The molecule has 12 nitrogen and oxygen atoms in total. The summed E-state index contributed by atoms with van der Waals surface area (Å²) < 4.78 is 59.5. The molecule has 0 aromatic heterocycles. The highest BCUT2D eigenvalue weighted by atomic mass is 32.3. The van der Waals surface area contributed by atoms with Crippen molar-refractivity contribution in [3.05, 3.63) is 134 Å². The Bertz CT molecular complexity index is 1860. The molecule has 0 aromatic carbocycles. The first-order chi connectivity index (χ1) is 38.1. The molecule has 0 aliphatic carbocycles. The molecule has 0 spiro atoms. The fourth-order valence-corrected chi connectivity index (χ4v) is 8.86. The quantitative estimate of drug-likeness (QED) is 0.0196. The number of unbranched alkanes of at least 4 members (excludes halogenated alkanes) is 16. The van der Waals surface area contributed by atoms with E-state index in [4.69, 9.17) is 18.9 Å². The molecule has 1 aliphatic rings. The number of carbonyl (C=O) groups is 1. The van der Waals surface area contributed by atoms with E-state index in [0.717, 1.165) is 109 Å². The third kappa shape index (κ3) is 46.0. The summed E-state index contributed by atoms with van der Waals surface area (Å²) in [5, 5.41) is 30.9. The average Bonchev–Trinajstić information content (AvgIpc) is 3.46.